The van der Waals surface area contributed by atoms with Gasteiger partial charge in [0.25, 0.3) is 5.22 Å². The van der Waals surface area contributed by atoms with Crippen LogP contribution in [0, 0.1) is 0 Å². The summed E-state index contributed by atoms with van der Waals surface area (Å²) in [5.74, 6) is -0.0863. The highest BCUT2D eigenvalue weighted by Crippen LogP contribution is 2.26. The van der Waals surface area contributed by atoms with Crippen LogP contribution in [0.4, 0.5) is 5.69 Å². The number of anilines is 1. The highest BCUT2D eigenvalue weighted by atomic mass is 32.2. The van der Waals surface area contributed by atoms with Crippen LogP contribution in [0.3, 0.4) is 0 Å². The molecule has 27 heavy (non-hydrogen) atoms. The van der Waals surface area contributed by atoms with Gasteiger partial charge in [0, 0.05) is 17.0 Å². The number of benzene rings is 2. The van der Waals surface area contributed by atoms with Crippen LogP contribution in [0.2, 0.25) is 0 Å². The Labute approximate surface area is 159 Å². The molecular weight excluding hydrogens is 390 g/mol. The first-order valence-electron chi connectivity index (χ1n) is 7.67. The van der Waals surface area contributed by atoms with Crippen molar-refractivity contribution in [2.75, 3.05) is 11.0 Å². The average molecular weight is 405 g/mol. The van der Waals surface area contributed by atoms with Crippen LogP contribution >= 0.6 is 11.8 Å². The number of carboxylic acid groups (broad SMARTS) is 1. The van der Waals surface area contributed by atoms with Gasteiger partial charge in [-0.2, -0.15) is 0 Å². The molecule has 10 heteroatoms. The van der Waals surface area contributed by atoms with Gasteiger partial charge in [0.05, 0.1) is 11.8 Å². The molecular formula is C17H15N3O5S2. The first-order valence-corrected chi connectivity index (χ1v) is 10.5. The predicted molar refractivity (Wildman–Crippen MR) is 101 cm³/mol. The SMILES string of the molecule is CS(=O)(=O)Nc1ccc(-c2nnc(SCc3ccc(C(=O)O)cc3)o2)cc1. The zero-order chi connectivity index (χ0) is 19.4. The van der Waals surface area contributed by atoms with Gasteiger partial charge in [0.1, 0.15) is 0 Å². The van der Waals surface area contributed by atoms with E-state index in [-0.39, 0.29) is 5.56 Å². The molecule has 0 saturated heterocycles. The lowest BCUT2D eigenvalue weighted by Gasteiger charge is -2.03. The molecule has 0 bridgehead atoms. The van der Waals surface area contributed by atoms with Gasteiger partial charge >= 0.3 is 5.97 Å². The quantitative estimate of drug-likeness (QED) is 0.575. The molecule has 1 heterocycles. The van der Waals surface area contributed by atoms with Gasteiger partial charge in [0.15, 0.2) is 0 Å². The van der Waals surface area contributed by atoms with Crippen LogP contribution in [-0.4, -0.2) is 35.9 Å². The van der Waals surface area contributed by atoms with Crippen molar-refractivity contribution in [1.82, 2.24) is 10.2 Å². The molecule has 0 aliphatic heterocycles. The fraction of sp³-hybridized carbons (Fsp3) is 0.118. The van der Waals surface area contributed by atoms with Gasteiger partial charge in [-0.25, -0.2) is 13.2 Å². The van der Waals surface area contributed by atoms with Crippen LogP contribution in [0.5, 0.6) is 0 Å². The fourth-order valence-electron chi connectivity index (χ4n) is 2.17. The average Bonchev–Trinajstić information content (AvgIpc) is 3.08. The van der Waals surface area contributed by atoms with Crippen molar-refractivity contribution in [2.24, 2.45) is 0 Å². The van der Waals surface area contributed by atoms with Crippen molar-refractivity contribution >= 4 is 33.4 Å². The molecule has 1 aromatic heterocycles. The first-order chi connectivity index (χ1) is 12.8. The third-order valence-corrected chi connectivity index (χ3v) is 4.90. The highest BCUT2D eigenvalue weighted by molar-refractivity contribution is 7.98. The maximum atomic E-state index is 11.2. The van der Waals surface area contributed by atoms with E-state index in [0.717, 1.165) is 11.8 Å². The normalized spacial score (nSPS) is 11.3. The molecule has 140 valence electrons. The Morgan fingerprint density at radius 3 is 2.37 bits per heavy atom. The number of aromatic carboxylic acids is 1. The van der Waals surface area contributed by atoms with Crippen LogP contribution in [0.1, 0.15) is 15.9 Å². The van der Waals surface area contributed by atoms with E-state index in [2.05, 4.69) is 14.9 Å². The molecule has 3 rings (SSSR count). The molecule has 0 amide bonds. The number of thioether (sulfide) groups is 1. The molecule has 0 radical (unpaired) electrons. The number of carboxylic acids is 1. The highest BCUT2D eigenvalue weighted by Gasteiger charge is 2.10. The third-order valence-electron chi connectivity index (χ3n) is 3.40. The van der Waals surface area contributed by atoms with Gasteiger partial charge in [-0.05, 0) is 42.0 Å². The van der Waals surface area contributed by atoms with Crippen molar-refractivity contribution < 1.29 is 22.7 Å². The van der Waals surface area contributed by atoms with E-state index in [1.165, 1.54) is 11.8 Å². The van der Waals surface area contributed by atoms with Crippen molar-refractivity contribution in [1.29, 1.82) is 0 Å². The Morgan fingerprint density at radius 1 is 1.11 bits per heavy atom. The summed E-state index contributed by atoms with van der Waals surface area (Å²) in [7, 11) is -3.33. The Hall–Kier alpha value is -2.85. The Balaban J connectivity index is 1.63. The summed E-state index contributed by atoms with van der Waals surface area (Å²) in [6.07, 6.45) is 1.08. The third kappa shape index (κ3) is 5.31. The zero-order valence-corrected chi connectivity index (χ0v) is 15.8. The second-order valence-electron chi connectivity index (χ2n) is 5.62. The second kappa shape index (κ2) is 7.80. The molecule has 3 aromatic rings. The molecule has 0 spiro atoms. The molecule has 0 saturated carbocycles. The fourth-order valence-corrected chi connectivity index (χ4v) is 3.45. The molecule has 0 aliphatic carbocycles. The van der Waals surface area contributed by atoms with Crippen LogP contribution in [0.25, 0.3) is 11.5 Å². The number of rotatable bonds is 7. The monoisotopic (exact) mass is 405 g/mol. The zero-order valence-electron chi connectivity index (χ0n) is 14.1. The van der Waals surface area contributed by atoms with Gasteiger partial charge in [-0.1, -0.05) is 23.9 Å². The molecule has 2 aromatic carbocycles. The minimum atomic E-state index is -3.33. The smallest absolute Gasteiger partial charge is 0.335 e. The van der Waals surface area contributed by atoms with Gasteiger partial charge < -0.3 is 9.52 Å². The molecule has 0 fully saturated rings. The number of sulfonamides is 1. The van der Waals surface area contributed by atoms with Crippen molar-refractivity contribution in [2.45, 2.75) is 11.0 Å². The van der Waals surface area contributed by atoms with E-state index in [4.69, 9.17) is 9.52 Å². The largest absolute Gasteiger partial charge is 0.478 e. The van der Waals surface area contributed by atoms with E-state index in [0.29, 0.717) is 28.1 Å². The summed E-state index contributed by atoms with van der Waals surface area (Å²) in [5.41, 5.74) is 2.28. The number of hydrogen-bond acceptors (Lipinski definition) is 7. The van der Waals surface area contributed by atoms with Crippen LogP contribution < -0.4 is 4.72 Å². The summed E-state index contributed by atoms with van der Waals surface area (Å²) < 4.78 is 30.4. The number of nitrogens with zero attached hydrogens (tertiary/aromatic N) is 2. The Kier molecular flexibility index (Phi) is 5.47. The van der Waals surface area contributed by atoms with E-state index in [9.17, 15) is 13.2 Å². The molecule has 8 nitrogen and oxygen atoms in total. The summed E-state index contributed by atoms with van der Waals surface area (Å²) >= 11 is 1.33. The van der Waals surface area contributed by atoms with E-state index in [1.54, 1.807) is 48.5 Å². The van der Waals surface area contributed by atoms with Crippen molar-refractivity contribution in [3.63, 3.8) is 0 Å². The lowest BCUT2D eigenvalue weighted by atomic mass is 10.1. The number of nitrogens with one attached hydrogen (secondary N) is 1. The van der Waals surface area contributed by atoms with Gasteiger partial charge in [0.2, 0.25) is 15.9 Å². The molecule has 0 aliphatic rings. The summed E-state index contributed by atoms with van der Waals surface area (Å²) in [6, 6.07) is 13.1. The predicted octanol–water partition coefficient (Wildman–Crippen LogP) is 3.10. The maximum Gasteiger partial charge on any atom is 0.335 e. The minimum Gasteiger partial charge on any atom is -0.478 e. The standard InChI is InChI=1S/C17H15N3O5S2/c1-27(23,24)20-14-8-6-12(7-9-14)15-18-19-17(25-15)26-10-11-2-4-13(5-3-11)16(21)22/h2-9,20H,10H2,1H3,(H,21,22). The maximum absolute atomic E-state index is 11.2. The second-order valence-corrected chi connectivity index (χ2v) is 8.29. The van der Waals surface area contributed by atoms with Crippen molar-refractivity contribution in [3.05, 3.63) is 59.7 Å². The lowest BCUT2D eigenvalue weighted by Crippen LogP contribution is -2.09. The Bertz CT molecular complexity index is 1040. The van der Waals surface area contributed by atoms with Gasteiger partial charge in [-0.15, -0.1) is 10.2 Å². The van der Waals surface area contributed by atoms with E-state index >= 15 is 0 Å². The van der Waals surface area contributed by atoms with Crippen LogP contribution in [0.15, 0.2) is 58.2 Å². The van der Waals surface area contributed by atoms with E-state index in [1.807, 2.05) is 0 Å². The topological polar surface area (TPSA) is 122 Å². The molecule has 2 N–H and O–H groups in total. The number of carbonyl (C=O) groups is 1. The summed E-state index contributed by atoms with van der Waals surface area (Å²) in [5, 5.41) is 17.2. The summed E-state index contributed by atoms with van der Waals surface area (Å²) in [6.45, 7) is 0. The Morgan fingerprint density at radius 2 is 1.78 bits per heavy atom. The van der Waals surface area contributed by atoms with Crippen molar-refractivity contribution in [3.8, 4) is 11.5 Å². The molecule has 0 unspecified atom stereocenters. The molecule has 0 atom stereocenters. The van der Waals surface area contributed by atoms with E-state index < -0.39 is 16.0 Å². The van der Waals surface area contributed by atoms with Crippen LogP contribution in [-0.2, 0) is 15.8 Å². The summed E-state index contributed by atoms with van der Waals surface area (Å²) in [4.78, 5) is 10.8. The number of aromatic nitrogens is 2. The number of hydrogen-bond donors (Lipinski definition) is 2. The lowest BCUT2D eigenvalue weighted by molar-refractivity contribution is 0.0697. The minimum absolute atomic E-state index is 0.234. The first kappa shape index (κ1) is 18.9. The van der Waals surface area contributed by atoms with Gasteiger partial charge in [-0.3, -0.25) is 4.72 Å².